The maximum absolute atomic E-state index is 13.8. The summed E-state index contributed by atoms with van der Waals surface area (Å²) in [4.78, 5) is 0. The van der Waals surface area contributed by atoms with Crippen molar-refractivity contribution in [3.8, 4) is 0 Å². The predicted octanol–water partition coefficient (Wildman–Crippen LogP) is 5.76. The molecule has 2 aromatic carbocycles. The van der Waals surface area contributed by atoms with Crippen molar-refractivity contribution in [1.29, 1.82) is 0 Å². The van der Waals surface area contributed by atoms with Crippen molar-refractivity contribution in [2.45, 2.75) is 25.1 Å². The summed E-state index contributed by atoms with van der Waals surface area (Å²) in [5.74, 6) is -0.331. The molecule has 0 N–H and O–H groups in total. The first-order chi connectivity index (χ1) is 9.11. The lowest BCUT2D eigenvalue weighted by molar-refractivity contribution is 0.612. The van der Waals surface area contributed by atoms with Gasteiger partial charge in [-0.2, -0.15) is 0 Å². The van der Waals surface area contributed by atoms with Crippen LogP contribution in [0.15, 0.2) is 42.5 Å². The van der Waals surface area contributed by atoms with Gasteiger partial charge < -0.3 is 0 Å². The van der Waals surface area contributed by atoms with Crippen LogP contribution in [0.3, 0.4) is 0 Å². The molecule has 0 saturated heterocycles. The Morgan fingerprint density at radius 2 is 1.79 bits per heavy atom. The Kier molecular flexibility index (Phi) is 4.84. The second kappa shape index (κ2) is 6.40. The van der Waals surface area contributed by atoms with Crippen LogP contribution in [0.4, 0.5) is 4.39 Å². The molecule has 0 bridgehead atoms. The lowest BCUT2D eigenvalue weighted by Gasteiger charge is -2.12. The third kappa shape index (κ3) is 3.49. The second-order valence-electron chi connectivity index (χ2n) is 4.52. The SMILES string of the molecule is CCCc1ccc(C(Cl)c2cc(Cl)ccc2F)cc1. The minimum Gasteiger partial charge on any atom is -0.207 e. The zero-order valence-corrected chi connectivity index (χ0v) is 12.2. The van der Waals surface area contributed by atoms with Gasteiger partial charge >= 0.3 is 0 Å². The summed E-state index contributed by atoms with van der Waals surface area (Å²) < 4.78 is 13.8. The maximum atomic E-state index is 13.8. The lowest BCUT2D eigenvalue weighted by atomic mass is 10.0. The van der Waals surface area contributed by atoms with Crippen LogP contribution in [-0.2, 0) is 6.42 Å². The highest BCUT2D eigenvalue weighted by atomic mass is 35.5. The average Bonchev–Trinajstić information content (AvgIpc) is 2.42. The van der Waals surface area contributed by atoms with Gasteiger partial charge in [0.05, 0.1) is 5.38 Å². The van der Waals surface area contributed by atoms with Crippen molar-refractivity contribution in [1.82, 2.24) is 0 Å². The molecular weight excluding hydrogens is 282 g/mol. The Labute approximate surface area is 123 Å². The van der Waals surface area contributed by atoms with E-state index in [1.165, 1.54) is 17.7 Å². The lowest BCUT2D eigenvalue weighted by Crippen LogP contribution is -1.97. The molecule has 19 heavy (non-hydrogen) atoms. The Bertz CT molecular complexity index is 549. The van der Waals surface area contributed by atoms with Crippen molar-refractivity contribution >= 4 is 23.2 Å². The van der Waals surface area contributed by atoms with E-state index in [0.29, 0.717) is 10.6 Å². The maximum Gasteiger partial charge on any atom is 0.128 e. The van der Waals surface area contributed by atoms with Gasteiger partial charge in [0.2, 0.25) is 0 Å². The van der Waals surface area contributed by atoms with E-state index in [2.05, 4.69) is 6.92 Å². The number of aryl methyl sites for hydroxylation is 1. The summed E-state index contributed by atoms with van der Waals surface area (Å²) in [6, 6.07) is 12.4. The molecule has 0 spiro atoms. The van der Waals surface area contributed by atoms with Gasteiger partial charge in [0.15, 0.2) is 0 Å². The van der Waals surface area contributed by atoms with E-state index >= 15 is 0 Å². The van der Waals surface area contributed by atoms with E-state index in [0.717, 1.165) is 18.4 Å². The molecule has 3 heteroatoms. The molecule has 0 aliphatic rings. The highest BCUT2D eigenvalue weighted by Crippen LogP contribution is 2.32. The van der Waals surface area contributed by atoms with Crippen molar-refractivity contribution in [2.75, 3.05) is 0 Å². The molecule has 2 rings (SSSR count). The van der Waals surface area contributed by atoms with Gasteiger partial charge in [-0.15, -0.1) is 11.6 Å². The summed E-state index contributed by atoms with van der Waals surface area (Å²) in [6.07, 6.45) is 2.14. The smallest absolute Gasteiger partial charge is 0.128 e. The minimum absolute atomic E-state index is 0.331. The molecule has 0 aliphatic heterocycles. The van der Waals surface area contributed by atoms with E-state index in [1.807, 2.05) is 24.3 Å². The van der Waals surface area contributed by atoms with Crippen LogP contribution in [0.5, 0.6) is 0 Å². The monoisotopic (exact) mass is 296 g/mol. The summed E-state index contributed by atoms with van der Waals surface area (Å²) in [7, 11) is 0. The molecule has 1 unspecified atom stereocenters. The first-order valence-electron chi connectivity index (χ1n) is 6.29. The van der Waals surface area contributed by atoms with Gasteiger partial charge in [-0.25, -0.2) is 4.39 Å². The standard InChI is InChI=1S/C16H15Cl2F/c1-2-3-11-4-6-12(7-5-11)16(18)14-10-13(17)8-9-15(14)19/h4-10,16H,2-3H2,1H3. The van der Waals surface area contributed by atoms with Crippen molar-refractivity contribution in [3.63, 3.8) is 0 Å². The van der Waals surface area contributed by atoms with Crippen LogP contribution >= 0.6 is 23.2 Å². The molecule has 0 aliphatic carbocycles. The normalized spacial score (nSPS) is 12.4. The van der Waals surface area contributed by atoms with Gasteiger partial charge in [0, 0.05) is 10.6 Å². The van der Waals surface area contributed by atoms with E-state index in [1.54, 1.807) is 6.07 Å². The summed E-state index contributed by atoms with van der Waals surface area (Å²) in [5.41, 5.74) is 2.56. The molecule has 0 saturated carbocycles. The van der Waals surface area contributed by atoms with Crippen LogP contribution < -0.4 is 0 Å². The molecule has 0 heterocycles. The number of alkyl halides is 1. The quantitative estimate of drug-likeness (QED) is 0.629. The van der Waals surface area contributed by atoms with Crippen LogP contribution in [0.25, 0.3) is 0 Å². The molecule has 2 aromatic rings. The van der Waals surface area contributed by atoms with E-state index in [9.17, 15) is 4.39 Å². The predicted molar refractivity (Wildman–Crippen MR) is 79.5 cm³/mol. The molecule has 1 atom stereocenters. The first kappa shape index (κ1) is 14.4. The number of hydrogen-bond donors (Lipinski definition) is 0. The van der Waals surface area contributed by atoms with Gasteiger partial charge in [-0.05, 0) is 35.7 Å². The number of halogens is 3. The second-order valence-corrected chi connectivity index (χ2v) is 5.39. The van der Waals surface area contributed by atoms with Gasteiger partial charge in [0.1, 0.15) is 5.82 Å². The average molecular weight is 297 g/mol. The number of hydrogen-bond acceptors (Lipinski definition) is 0. The number of benzene rings is 2. The fourth-order valence-electron chi connectivity index (χ4n) is 2.03. The summed E-state index contributed by atoms with van der Waals surface area (Å²) >= 11 is 12.2. The molecule has 0 aromatic heterocycles. The largest absolute Gasteiger partial charge is 0.207 e. The number of rotatable bonds is 4. The van der Waals surface area contributed by atoms with Crippen LogP contribution in [0, 0.1) is 5.82 Å². The topological polar surface area (TPSA) is 0 Å². The Morgan fingerprint density at radius 3 is 2.42 bits per heavy atom. The van der Waals surface area contributed by atoms with Crippen LogP contribution in [0.1, 0.15) is 35.4 Å². The Hall–Kier alpha value is -1.05. The highest BCUT2D eigenvalue weighted by molar-refractivity contribution is 6.30. The molecule has 0 amide bonds. The highest BCUT2D eigenvalue weighted by Gasteiger charge is 2.15. The third-order valence-electron chi connectivity index (χ3n) is 3.04. The van der Waals surface area contributed by atoms with Gasteiger partial charge in [-0.3, -0.25) is 0 Å². The van der Waals surface area contributed by atoms with Crippen LogP contribution in [0.2, 0.25) is 5.02 Å². The molecule has 0 fully saturated rings. The fraction of sp³-hybridized carbons (Fsp3) is 0.250. The van der Waals surface area contributed by atoms with Crippen LogP contribution in [-0.4, -0.2) is 0 Å². The van der Waals surface area contributed by atoms with Crippen molar-refractivity contribution in [2.24, 2.45) is 0 Å². The van der Waals surface area contributed by atoms with E-state index in [-0.39, 0.29) is 5.82 Å². The Morgan fingerprint density at radius 1 is 1.11 bits per heavy atom. The van der Waals surface area contributed by atoms with Crippen molar-refractivity contribution < 1.29 is 4.39 Å². The zero-order valence-electron chi connectivity index (χ0n) is 10.7. The molecule has 100 valence electrons. The molecule has 0 radical (unpaired) electrons. The van der Waals surface area contributed by atoms with Gasteiger partial charge in [-0.1, -0.05) is 49.2 Å². The van der Waals surface area contributed by atoms with Gasteiger partial charge in [0.25, 0.3) is 0 Å². The van der Waals surface area contributed by atoms with E-state index < -0.39 is 5.38 Å². The molecular formula is C16H15Cl2F. The third-order valence-corrected chi connectivity index (χ3v) is 3.76. The summed E-state index contributed by atoms with van der Waals surface area (Å²) in [5, 5.41) is -0.0287. The van der Waals surface area contributed by atoms with E-state index in [4.69, 9.17) is 23.2 Å². The zero-order chi connectivity index (χ0) is 13.8. The Balaban J connectivity index is 2.27. The summed E-state index contributed by atoms with van der Waals surface area (Å²) in [6.45, 7) is 2.14. The first-order valence-corrected chi connectivity index (χ1v) is 7.11. The van der Waals surface area contributed by atoms with Crippen molar-refractivity contribution in [3.05, 3.63) is 70.0 Å². The fourth-order valence-corrected chi connectivity index (χ4v) is 2.52. The minimum atomic E-state index is -0.519. The molecule has 0 nitrogen and oxygen atoms in total.